The van der Waals surface area contributed by atoms with Crippen LogP contribution in [-0.4, -0.2) is 37.8 Å². The molecule has 0 bridgehead atoms. The van der Waals surface area contributed by atoms with Crippen molar-refractivity contribution in [3.8, 4) is 0 Å². The quantitative estimate of drug-likeness (QED) is 0.415. The van der Waals surface area contributed by atoms with Gasteiger partial charge in [-0.15, -0.1) is 0 Å². The number of nitrogens with zero attached hydrogens (tertiary/aromatic N) is 1. The Labute approximate surface area is 83.4 Å². The van der Waals surface area contributed by atoms with E-state index in [1.165, 1.54) is 0 Å². The Morgan fingerprint density at radius 2 is 1.24 bits per heavy atom. The summed E-state index contributed by atoms with van der Waals surface area (Å²) >= 11 is 0. The molecule has 0 aliphatic carbocycles. The molecule has 0 radical (unpaired) electrons. The van der Waals surface area contributed by atoms with Gasteiger partial charge < -0.3 is 0 Å². The number of methoxy groups -OCH3 is 1. The van der Waals surface area contributed by atoms with Crippen LogP contribution in [0.25, 0.3) is 0 Å². The predicted octanol–water partition coefficient (Wildman–Crippen LogP) is 2.67. The van der Waals surface area contributed by atoms with Crippen molar-refractivity contribution in [2.75, 3.05) is 7.11 Å². The molecule has 0 N–H and O–H groups in total. The van der Waals surface area contributed by atoms with E-state index in [1.807, 2.05) is 0 Å². The number of halogens is 9. The van der Waals surface area contributed by atoms with Crippen LogP contribution in [0.3, 0.4) is 0 Å². The third kappa shape index (κ3) is 4.26. The molecule has 0 heterocycles. The van der Waals surface area contributed by atoms with Gasteiger partial charge in [0, 0.05) is 0 Å². The van der Waals surface area contributed by atoms with Crippen LogP contribution in [0.2, 0.25) is 0 Å². The van der Waals surface area contributed by atoms with Crippen LogP contribution in [0.1, 0.15) is 0 Å². The van der Waals surface area contributed by atoms with E-state index < -0.39 is 30.7 Å². The molecular formula is C5H3CfF9NO. The average Bonchev–Trinajstić information content (AvgIpc) is 1.97. The molecule has 0 saturated heterocycles. The van der Waals surface area contributed by atoms with Gasteiger partial charge in [-0.2, -0.15) is 0 Å². The number of hydrogen-bond acceptors (Lipinski definition) is 2. The van der Waals surface area contributed by atoms with E-state index in [-0.39, 0.29) is 0 Å². The van der Waals surface area contributed by atoms with Crippen molar-refractivity contribution in [2.24, 2.45) is 0 Å². The van der Waals surface area contributed by atoms with Gasteiger partial charge in [-0.05, 0) is 0 Å². The number of hydrogen-bond donors (Lipinski definition) is 0. The first-order valence-electron chi connectivity index (χ1n) is 3.31. The maximum absolute atomic E-state index is 12.0. The average molecular weight is 515 g/mol. The Hall–Kier alpha value is -1.84. The van der Waals surface area contributed by atoms with Gasteiger partial charge in [-0.1, -0.05) is 0 Å². The molecule has 0 fully saturated rings. The minimum atomic E-state index is -5.93. The molecule has 0 aliphatic heterocycles. The molecule has 0 atom stereocenters. The minimum absolute atomic E-state index is 0.364. The monoisotopic (exact) mass is 513 g/mol. The van der Waals surface area contributed by atoms with Gasteiger partial charge >= 0.3 is 82.1 Å². The first-order valence-corrected chi connectivity index (χ1v) is 5.80. The van der Waals surface area contributed by atoms with Gasteiger partial charge in [-0.25, -0.2) is 0 Å². The van der Waals surface area contributed by atoms with Crippen LogP contribution < -0.4 is 0 Å². The first kappa shape index (κ1) is 15.2. The Morgan fingerprint density at radius 1 is 0.882 bits per heavy atom. The number of rotatable bonds is 2. The number of ether oxygens (including phenoxy) is 1. The zero-order valence-electron chi connectivity index (χ0n) is 7.57. The molecule has 0 unspecified atom stereocenters. The normalized spacial score (nSPS) is 15.1. The summed E-state index contributed by atoms with van der Waals surface area (Å²) in [5.41, 5.74) is 0. The summed E-state index contributed by atoms with van der Waals surface area (Å²) in [5.74, 6) is 0. The molecule has 0 aromatic heterocycles. The molecule has 17 heavy (non-hydrogen) atoms. The molecule has 0 spiro atoms. The van der Waals surface area contributed by atoms with Gasteiger partial charge in [-0.3, -0.25) is 0 Å². The van der Waals surface area contributed by atoms with Crippen LogP contribution in [0, 0.1) is 0 Å². The van der Waals surface area contributed by atoms with E-state index >= 15 is 0 Å². The molecule has 0 aromatic carbocycles. The van der Waals surface area contributed by atoms with Crippen LogP contribution in [-0.2, 0) is 4.74 Å². The van der Waals surface area contributed by atoms with Crippen molar-refractivity contribution in [3.63, 3.8) is 0 Å². The van der Waals surface area contributed by atoms with E-state index in [4.69, 9.17) is 0 Å². The fraction of sp³-hybridized carbons (Fsp3) is 0.800. The standard InChI is InChI=1S/C3H3F3O.C2F6N.Cf/c1-7-2-3(4,5)6;3-1(4,5)9-2(6,7)8;/h1H3;;/q;-1;+1. The molecule has 0 rings (SSSR count). The summed E-state index contributed by atoms with van der Waals surface area (Å²) in [5, 5.41) is -2.08. The van der Waals surface area contributed by atoms with Crippen molar-refractivity contribution in [3.05, 3.63) is 0 Å². The Morgan fingerprint density at radius 3 is 1.41 bits per heavy atom. The van der Waals surface area contributed by atoms with Crippen molar-refractivity contribution < 1.29 is 44.3 Å². The molecule has 0 aliphatic rings. The van der Waals surface area contributed by atoms with Gasteiger partial charge in [0.15, 0.2) is 0 Å². The number of alkyl halides is 9. The maximum atomic E-state index is 12.0. The van der Waals surface area contributed by atoms with Crippen molar-refractivity contribution in [1.82, 2.24) is 5.32 Å². The fourth-order valence-corrected chi connectivity index (χ4v) is 2.25. The molecule has 0 saturated carbocycles. The molecular weight excluding hydrogens is 512 g/mol. The van der Waals surface area contributed by atoms with E-state index in [0.717, 1.165) is 0 Å². The summed E-state index contributed by atoms with van der Waals surface area (Å²) in [7, 11) is 0.364. The Balaban J connectivity index is 5.45. The summed E-state index contributed by atoms with van der Waals surface area (Å²) in [6, 6.07) is 0. The summed E-state index contributed by atoms with van der Waals surface area (Å²) in [6.45, 7) is -2.15. The van der Waals surface area contributed by atoms with E-state index in [1.54, 1.807) is 0 Å². The molecule has 107 valence electrons. The van der Waals surface area contributed by atoms with Gasteiger partial charge in [0.05, 0.1) is 0 Å². The topological polar surface area (TPSA) is 12.5 Å². The molecule has 12 heteroatoms. The first-order chi connectivity index (χ1) is 7.30. The van der Waals surface area contributed by atoms with Crippen LogP contribution in [0.5, 0.6) is 0 Å². The molecule has 0 aromatic rings. The molecule has 2 nitrogen and oxygen atoms in total. The predicted molar refractivity (Wildman–Crippen MR) is 32.0 cm³/mol. The van der Waals surface area contributed by atoms with Crippen molar-refractivity contribution in [1.29, 1.82) is 0 Å². The Kier molecular flexibility index (Phi) is 3.75. The van der Waals surface area contributed by atoms with E-state index in [9.17, 15) is 39.5 Å². The fourth-order valence-electron chi connectivity index (χ4n) is 0.473. The molecule has 0 amide bonds. The van der Waals surface area contributed by atoms with Gasteiger partial charge in [0.25, 0.3) is 0 Å². The van der Waals surface area contributed by atoms with Crippen molar-refractivity contribution >= 4 is 6.61 Å². The third-order valence-electron chi connectivity index (χ3n) is 0.921. The summed E-state index contributed by atoms with van der Waals surface area (Å²) in [4.78, 5) is 0. The third-order valence-corrected chi connectivity index (χ3v) is 4.66. The van der Waals surface area contributed by atoms with E-state index in [0.29, 0.717) is 7.11 Å². The summed E-state index contributed by atoms with van der Waals surface area (Å²) in [6.07, 6.45) is -17.2. The zero-order chi connectivity index (χ0) is 14.1. The zero-order valence-corrected chi connectivity index (χ0v) is 10.2. The van der Waals surface area contributed by atoms with Crippen molar-refractivity contribution in [2.45, 2.75) is 18.8 Å². The second kappa shape index (κ2) is 4.20. The van der Waals surface area contributed by atoms with Gasteiger partial charge in [0.1, 0.15) is 0 Å². The summed E-state index contributed by atoms with van der Waals surface area (Å²) < 4.78 is 107. The second-order valence-corrected chi connectivity index (χ2v) is 5.17. The van der Waals surface area contributed by atoms with Crippen LogP contribution in [0.15, 0.2) is 0 Å². The van der Waals surface area contributed by atoms with Crippen LogP contribution in [0.4, 0.5) is 39.5 Å². The van der Waals surface area contributed by atoms with Crippen LogP contribution >= 0.6 is 0 Å². The SMILES string of the molecule is CO/[C](=[Cf]/[N](C(F)(F)F)C(F)(F)F)C(F)(F)F. The van der Waals surface area contributed by atoms with Gasteiger partial charge in [0.2, 0.25) is 0 Å². The van der Waals surface area contributed by atoms with E-state index in [2.05, 4.69) is 4.74 Å². The second-order valence-electron chi connectivity index (χ2n) is 2.21. The Bertz CT molecular complexity index is 275.